The third kappa shape index (κ3) is 8.37. The second kappa shape index (κ2) is 13.6. The van der Waals surface area contributed by atoms with Crippen LogP contribution in [0.3, 0.4) is 0 Å². The number of amides is 2. The molecule has 0 bridgehead atoms. The Bertz CT molecular complexity index is 1080. The normalized spacial score (nSPS) is 19.4. The molecule has 2 rings (SSSR count). The molecule has 1 aliphatic rings. The molecule has 218 valence electrons. The number of carbonyl (C=O) groups excluding carboxylic acids is 2. The van der Waals surface area contributed by atoms with Crippen LogP contribution in [-0.4, -0.2) is 80.4 Å². The zero-order valence-corrected chi connectivity index (χ0v) is 23.2. The smallest absolute Gasteiger partial charge is 0.391 e. The Morgan fingerprint density at radius 1 is 1.31 bits per heavy atom. The maximum absolute atomic E-state index is 14.1. The molecule has 3 N–H and O–H groups in total. The number of aliphatic imine (C=N–C) groups is 1. The molecule has 1 fully saturated rings. The van der Waals surface area contributed by atoms with Gasteiger partial charge in [0, 0.05) is 29.9 Å². The summed E-state index contributed by atoms with van der Waals surface area (Å²) in [6.07, 6.45) is -6.70. The van der Waals surface area contributed by atoms with E-state index >= 15 is 0 Å². The summed E-state index contributed by atoms with van der Waals surface area (Å²) in [4.78, 5) is 35.4. The summed E-state index contributed by atoms with van der Waals surface area (Å²) in [7, 11) is 0. The number of alkyl halides is 5. The number of carbonyl (C=O) groups is 2. The number of aliphatic hydroxyl groups is 1. The number of hydrogen-bond acceptors (Lipinski definition) is 7. The number of thiocarbonyl (C=S) groups is 1. The molecule has 1 saturated heterocycles. The first kappa shape index (κ1) is 32.5. The van der Waals surface area contributed by atoms with Crippen molar-refractivity contribution in [3.05, 3.63) is 23.4 Å². The Labute approximate surface area is 229 Å². The highest BCUT2D eigenvalue weighted by Gasteiger charge is 2.39. The number of rotatable bonds is 11. The van der Waals surface area contributed by atoms with Crippen LogP contribution in [-0.2, 0) is 9.59 Å². The summed E-state index contributed by atoms with van der Waals surface area (Å²) in [6, 6.07) is -3.58. The van der Waals surface area contributed by atoms with Crippen LogP contribution in [0, 0.1) is 0 Å². The Kier molecular flexibility index (Phi) is 11.3. The summed E-state index contributed by atoms with van der Waals surface area (Å²) in [6.45, 7) is 7.85. The molecule has 0 aliphatic carbocycles. The fraction of sp³-hybridized carbons (Fsp3) is 0.640. The number of nitrogens with zero attached hydrogens (tertiary/aromatic N) is 3. The van der Waals surface area contributed by atoms with Crippen LogP contribution in [0.25, 0.3) is 0 Å². The SMILES string of the molecule is CC[C@H](Nc1cc(C(F)F)c(C(=S)C(/N=C(\C)C(=O)N[C@H](C)[C@H](C)O)C(=O)N2CCC[C@@H]2C)cn1)C(F)(F)F. The molecule has 0 spiro atoms. The Hall–Kier alpha value is -2.74. The van der Waals surface area contributed by atoms with Gasteiger partial charge in [-0.25, -0.2) is 13.8 Å². The van der Waals surface area contributed by atoms with E-state index in [-0.39, 0.29) is 28.6 Å². The van der Waals surface area contributed by atoms with Gasteiger partial charge in [0.25, 0.3) is 18.2 Å². The van der Waals surface area contributed by atoms with Crippen LogP contribution in [0.5, 0.6) is 0 Å². The lowest BCUT2D eigenvalue weighted by Crippen LogP contribution is -2.46. The van der Waals surface area contributed by atoms with E-state index in [9.17, 15) is 36.6 Å². The number of anilines is 1. The topological polar surface area (TPSA) is 107 Å². The van der Waals surface area contributed by atoms with Gasteiger partial charge in [0.05, 0.1) is 22.7 Å². The van der Waals surface area contributed by atoms with Crippen LogP contribution in [0.1, 0.15) is 71.4 Å². The monoisotopic (exact) mass is 579 g/mol. The van der Waals surface area contributed by atoms with E-state index in [0.29, 0.717) is 19.4 Å². The second-order valence-electron chi connectivity index (χ2n) is 9.61. The highest BCUT2D eigenvalue weighted by molar-refractivity contribution is 7.81. The van der Waals surface area contributed by atoms with Crippen molar-refractivity contribution in [3.8, 4) is 0 Å². The average Bonchev–Trinajstić information content (AvgIpc) is 3.29. The van der Waals surface area contributed by atoms with Crippen molar-refractivity contribution in [2.75, 3.05) is 11.9 Å². The third-order valence-electron chi connectivity index (χ3n) is 6.61. The van der Waals surface area contributed by atoms with Gasteiger partial charge in [-0.05, 0) is 53.0 Å². The van der Waals surface area contributed by atoms with Crippen LogP contribution < -0.4 is 10.6 Å². The highest BCUT2D eigenvalue weighted by Crippen LogP contribution is 2.30. The van der Waals surface area contributed by atoms with E-state index < -0.39 is 60.0 Å². The van der Waals surface area contributed by atoms with Crippen LogP contribution in [0.4, 0.5) is 27.8 Å². The number of nitrogens with one attached hydrogen (secondary N) is 2. The maximum Gasteiger partial charge on any atom is 0.408 e. The molecule has 2 amide bonds. The molecule has 1 unspecified atom stereocenters. The summed E-state index contributed by atoms with van der Waals surface area (Å²) in [5.74, 6) is -1.71. The van der Waals surface area contributed by atoms with Crippen molar-refractivity contribution >= 4 is 40.4 Å². The largest absolute Gasteiger partial charge is 0.408 e. The van der Waals surface area contributed by atoms with Gasteiger partial charge in [-0.2, -0.15) is 13.2 Å². The number of aromatic nitrogens is 1. The van der Waals surface area contributed by atoms with Gasteiger partial charge in [-0.1, -0.05) is 19.1 Å². The molecule has 14 heteroatoms. The molecule has 5 atom stereocenters. The average molecular weight is 580 g/mol. The molecule has 0 saturated carbocycles. The van der Waals surface area contributed by atoms with Gasteiger partial charge >= 0.3 is 6.18 Å². The van der Waals surface area contributed by atoms with Crippen LogP contribution in [0.15, 0.2) is 17.3 Å². The lowest BCUT2D eigenvalue weighted by molar-refractivity contribution is -0.143. The van der Waals surface area contributed by atoms with Crippen molar-refractivity contribution < 1.29 is 36.6 Å². The van der Waals surface area contributed by atoms with Gasteiger partial charge in [0.1, 0.15) is 11.9 Å². The zero-order chi connectivity index (χ0) is 29.7. The quantitative estimate of drug-likeness (QED) is 0.157. The molecule has 0 aromatic carbocycles. The van der Waals surface area contributed by atoms with Crippen molar-refractivity contribution in [2.45, 2.75) is 96.8 Å². The number of halogens is 5. The molecule has 1 aromatic heterocycles. The first-order valence-corrected chi connectivity index (χ1v) is 13.0. The fourth-order valence-corrected chi connectivity index (χ4v) is 4.33. The summed E-state index contributed by atoms with van der Waals surface area (Å²) in [5.41, 5.74) is -1.22. The molecule has 0 radical (unpaired) electrons. The molecular formula is C25H34F5N5O3S. The number of aliphatic hydroxyl groups excluding tert-OH is 1. The highest BCUT2D eigenvalue weighted by atomic mass is 32.1. The fourth-order valence-electron chi connectivity index (χ4n) is 4.01. The van der Waals surface area contributed by atoms with Crippen molar-refractivity contribution in [1.82, 2.24) is 15.2 Å². The Morgan fingerprint density at radius 3 is 2.44 bits per heavy atom. The van der Waals surface area contributed by atoms with Crippen molar-refractivity contribution in [1.29, 1.82) is 0 Å². The molecule has 39 heavy (non-hydrogen) atoms. The minimum Gasteiger partial charge on any atom is -0.391 e. The first-order valence-electron chi connectivity index (χ1n) is 12.6. The minimum absolute atomic E-state index is 0.171. The molecule has 8 nitrogen and oxygen atoms in total. The van der Waals surface area contributed by atoms with Gasteiger partial charge in [-0.3, -0.25) is 14.6 Å². The summed E-state index contributed by atoms with van der Waals surface area (Å²) in [5, 5.41) is 14.3. The lowest BCUT2D eigenvalue weighted by atomic mass is 10.0. The van der Waals surface area contributed by atoms with Gasteiger partial charge in [0.2, 0.25) is 0 Å². The van der Waals surface area contributed by atoms with Gasteiger partial charge < -0.3 is 20.6 Å². The summed E-state index contributed by atoms with van der Waals surface area (Å²) < 4.78 is 67.8. The van der Waals surface area contributed by atoms with E-state index in [1.807, 2.05) is 6.92 Å². The van der Waals surface area contributed by atoms with E-state index in [0.717, 1.165) is 12.3 Å². The van der Waals surface area contributed by atoms with Crippen LogP contribution in [0.2, 0.25) is 0 Å². The van der Waals surface area contributed by atoms with Crippen LogP contribution >= 0.6 is 12.2 Å². The zero-order valence-electron chi connectivity index (χ0n) is 22.4. The predicted octanol–water partition coefficient (Wildman–Crippen LogP) is 4.22. The lowest BCUT2D eigenvalue weighted by Gasteiger charge is -2.27. The van der Waals surface area contributed by atoms with E-state index in [1.54, 1.807) is 6.92 Å². The van der Waals surface area contributed by atoms with Crippen molar-refractivity contribution in [3.63, 3.8) is 0 Å². The Balaban J connectivity index is 2.51. The number of likely N-dealkylation sites (tertiary alicyclic amines) is 1. The van der Waals surface area contributed by atoms with Gasteiger partial charge in [-0.15, -0.1) is 0 Å². The molecule has 1 aromatic rings. The first-order chi connectivity index (χ1) is 18.1. The number of pyridine rings is 1. The minimum atomic E-state index is -4.63. The molecular weight excluding hydrogens is 545 g/mol. The third-order valence-corrected chi connectivity index (χ3v) is 7.06. The Morgan fingerprint density at radius 2 is 1.95 bits per heavy atom. The van der Waals surface area contributed by atoms with Gasteiger partial charge in [0.15, 0.2) is 6.04 Å². The predicted molar refractivity (Wildman–Crippen MR) is 141 cm³/mol. The maximum atomic E-state index is 14.1. The summed E-state index contributed by atoms with van der Waals surface area (Å²) >= 11 is 5.45. The molecule has 2 heterocycles. The molecule has 1 aliphatic heterocycles. The van der Waals surface area contributed by atoms with Crippen molar-refractivity contribution in [2.24, 2.45) is 4.99 Å². The number of hydrogen-bond donors (Lipinski definition) is 3. The van der Waals surface area contributed by atoms with E-state index in [2.05, 4.69) is 20.6 Å². The second-order valence-corrected chi connectivity index (χ2v) is 10.1. The standard InChI is InChI=1S/C25H34F5N5O3S/c1-6-18(25(28,29)30)34-19-10-16(22(26)27)17(11-31-19)21(39)20(24(38)35-9-7-8-12(35)2)32-14(4)23(37)33-13(3)15(5)36/h10-13,15,18,20,22,36H,6-9H2,1-5H3,(H,31,34)(H,33,37)/b32-14+/t12-,13+,15-,18-,20?/m0/s1. The van der Waals surface area contributed by atoms with E-state index in [4.69, 9.17) is 12.2 Å². The van der Waals surface area contributed by atoms with E-state index in [1.165, 1.54) is 25.7 Å².